The third-order valence-corrected chi connectivity index (χ3v) is 9.04. The molecule has 0 spiro atoms. The normalized spacial score (nSPS) is 46.1. The maximum absolute atomic E-state index is 11.3. The summed E-state index contributed by atoms with van der Waals surface area (Å²) in [5.74, 6) is -1.43. The van der Waals surface area contributed by atoms with Gasteiger partial charge in [0.15, 0.2) is 12.6 Å². The van der Waals surface area contributed by atoms with E-state index in [1.165, 1.54) is 13.8 Å². The molecule has 18 heteroatoms. The van der Waals surface area contributed by atoms with E-state index in [0.717, 1.165) is 0 Å². The summed E-state index contributed by atoms with van der Waals surface area (Å²) >= 11 is 0. The lowest BCUT2D eigenvalue weighted by molar-refractivity contribution is -0.359. The van der Waals surface area contributed by atoms with Crippen molar-refractivity contribution in [3.05, 3.63) is 0 Å². The summed E-state index contributed by atoms with van der Waals surface area (Å²) in [6, 6.07) is 0. The molecule has 0 amide bonds. The summed E-state index contributed by atoms with van der Waals surface area (Å²) in [4.78, 5) is 0. The Hall–Kier alpha value is -0.720. The van der Waals surface area contributed by atoms with E-state index in [4.69, 9.17) is 23.7 Å². The fourth-order valence-corrected chi connectivity index (χ4v) is 6.17. The zero-order valence-corrected chi connectivity index (χ0v) is 27.0. The largest absolute Gasteiger partial charge is 0.396 e. The highest BCUT2D eigenvalue weighted by atomic mass is 16.7. The molecule has 3 fully saturated rings. The van der Waals surface area contributed by atoms with Crippen LogP contribution in [-0.2, 0) is 23.7 Å². The molecule has 3 rings (SSSR count). The van der Waals surface area contributed by atoms with Gasteiger partial charge in [0.1, 0.15) is 73.2 Å². The lowest BCUT2D eigenvalue weighted by Crippen LogP contribution is -2.68. The Morgan fingerprint density at radius 3 is 1.70 bits per heavy atom. The van der Waals surface area contributed by atoms with Crippen molar-refractivity contribution < 1.29 is 90.1 Å². The Morgan fingerprint density at radius 1 is 0.596 bits per heavy atom. The van der Waals surface area contributed by atoms with E-state index in [9.17, 15) is 66.4 Å². The number of hydrogen-bond donors (Lipinski definition) is 13. The Bertz CT molecular complexity index is 955. The Labute approximate surface area is 272 Å². The maximum Gasteiger partial charge on any atom is 0.187 e. The molecular formula is C29H54O18. The van der Waals surface area contributed by atoms with Crippen LogP contribution in [0.5, 0.6) is 0 Å². The predicted molar refractivity (Wildman–Crippen MR) is 155 cm³/mol. The molecule has 20 atom stereocenters. The number of aliphatic hydroxyl groups is 13. The van der Waals surface area contributed by atoms with Gasteiger partial charge in [0.25, 0.3) is 0 Å². The maximum atomic E-state index is 11.3. The van der Waals surface area contributed by atoms with Gasteiger partial charge in [-0.25, -0.2) is 0 Å². The van der Waals surface area contributed by atoms with Gasteiger partial charge in [-0.05, 0) is 25.7 Å². The molecular weight excluding hydrogens is 636 g/mol. The zero-order valence-electron chi connectivity index (χ0n) is 27.0. The van der Waals surface area contributed by atoms with Crippen LogP contribution in [0.1, 0.15) is 41.0 Å². The van der Waals surface area contributed by atoms with Gasteiger partial charge in [0.05, 0.1) is 43.7 Å². The highest BCUT2D eigenvalue weighted by Gasteiger charge is 2.56. The highest BCUT2D eigenvalue weighted by molar-refractivity contribution is 5.03. The molecule has 13 N–H and O–H groups in total. The Morgan fingerprint density at radius 2 is 1.15 bits per heavy atom. The lowest BCUT2D eigenvalue weighted by atomic mass is 9.78. The Kier molecular flexibility index (Phi) is 14.3. The number of ether oxygens (including phenoxy) is 5. The third kappa shape index (κ3) is 9.15. The van der Waals surface area contributed by atoms with Crippen molar-refractivity contribution in [1.82, 2.24) is 0 Å². The second-order valence-corrected chi connectivity index (χ2v) is 14.0. The second-order valence-electron chi connectivity index (χ2n) is 14.0. The fraction of sp³-hybridized carbons (Fsp3) is 1.00. The number of rotatable bonds is 12. The predicted octanol–water partition coefficient (Wildman–Crippen LogP) is -5.98. The van der Waals surface area contributed by atoms with Crippen molar-refractivity contribution >= 4 is 0 Å². The van der Waals surface area contributed by atoms with Gasteiger partial charge in [0.2, 0.25) is 0 Å². The van der Waals surface area contributed by atoms with Gasteiger partial charge in [-0.3, -0.25) is 0 Å². The molecule has 0 aromatic rings. The molecule has 0 radical (unpaired) electrons. The molecule has 47 heavy (non-hydrogen) atoms. The molecule has 2 saturated heterocycles. The topological polar surface area (TPSA) is 309 Å². The number of hydrogen-bond acceptors (Lipinski definition) is 18. The van der Waals surface area contributed by atoms with Gasteiger partial charge >= 0.3 is 0 Å². The first kappa shape index (κ1) is 40.7. The van der Waals surface area contributed by atoms with Crippen LogP contribution in [0.3, 0.4) is 0 Å². The van der Waals surface area contributed by atoms with Crippen molar-refractivity contribution in [2.75, 3.05) is 13.2 Å². The van der Waals surface area contributed by atoms with Gasteiger partial charge in [-0.2, -0.15) is 0 Å². The van der Waals surface area contributed by atoms with Crippen molar-refractivity contribution in [3.8, 4) is 0 Å². The SMILES string of the molecule is C[C@@H]1O[C@H](O[C@H]2C(O[C@H]3[C@H](O)[C@@H](O[C@@H]([C@H](O)[C@H](O)CO)[C@@H](O)CC(C)(C)C)O[C@@H](C)[C@H]3O)[C@@H](O)[C@H](CO)[C@@H](O)[C@@H]2O)[C@@H](O)[C@H](O)[C@@H]1O. The molecule has 1 saturated carbocycles. The van der Waals surface area contributed by atoms with Crippen LogP contribution in [0.15, 0.2) is 0 Å². The first-order chi connectivity index (χ1) is 21.7. The molecule has 2 aliphatic heterocycles. The molecule has 278 valence electrons. The van der Waals surface area contributed by atoms with E-state index in [2.05, 4.69) is 0 Å². The summed E-state index contributed by atoms with van der Waals surface area (Å²) in [5.41, 5.74) is -0.506. The summed E-state index contributed by atoms with van der Waals surface area (Å²) in [7, 11) is 0. The van der Waals surface area contributed by atoms with Crippen LogP contribution >= 0.6 is 0 Å². The smallest absolute Gasteiger partial charge is 0.187 e. The molecule has 18 nitrogen and oxygen atoms in total. The van der Waals surface area contributed by atoms with Crippen LogP contribution in [-0.4, -0.2) is 196 Å². The van der Waals surface area contributed by atoms with Gasteiger partial charge in [0, 0.05) is 5.92 Å². The first-order valence-corrected chi connectivity index (χ1v) is 15.7. The third-order valence-electron chi connectivity index (χ3n) is 9.04. The second kappa shape index (κ2) is 16.5. The van der Waals surface area contributed by atoms with Crippen molar-refractivity contribution in [1.29, 1.82) is 0 Å². The minimum absolute atomic E-state index is 0.0310. The average molecular weight is 691 g/mol. The number of aliphatic hydroxyl groups excluding tert-OH is 13. The molecule has 1 unspecified atom stereocenters. The molecule has 3 aliphatic rings. The van der Waals surface area contributed by atoms with E-state index < -0.39 is 141 Å². The lowest BCUT2D eigenvalue weighted by Gasteiger charge is -2.50. The van der Waals surface area contributed by atoms with Crippen molar-refractivity contribution in [3.63, 3.8) is 0 Å². The Balaban J connectivity index is 1.92. The minimum Gasteiger partial charge on any atom is -0.396 e. The molecule has 0 aromatic carbocycles. The van der Waals surface area contributed by atoms with E-state index in [0.29, 0.717) is 0 Å². The molecule has 2 heterocycles. The standard InChI is InChI=1S/C29H54O18/c1-9-14(34)19(39)21(41)27(43-9)47-26-20(40)16(36)11(7-30)17(37)25(26)45-24-15(35)10(2)44-28(22(24)42)46-23(18(38)13(33)8-31)12(32)6-29(3,4)5/h9-28,30-42H,6-8H2,1-5H3/t9-,10-,11+,12-,13+,14+,15+,16+,17-,18+,19+,20-,21-,22-,23+,24+,25?,26+,27+,28+/m0/s1. The van der Waals surface area contributed by atoms with Crippen molar-refractivity contribution in [2.24, 2.45) is 11.3 Å². The quantitative estimate of drug-likeness (QED) is 0.0906. The summed E-state index contributed by atoms with van der Waals surface area (Å²) in [5, 5.41) is 137. The van der Waals surface area contributed by atoms with Crippen LogP contribution in [0.2, 0.25) is 0 Å². The minimum atomic E-state index is -1.96. The van der Waals surface area contributed by atoms with Crippen LogP contribution in [0, 0.1) is 11.3 Å². The molecule has 1 aliphatic carbocycles. The first-order valence-electron chi connectivity index (χ1n) is 15.7. The summed E-state index contributed by atoms with van der Waals surface area (Å²) < 4.78 is 28.5. The van der Waals surface area contributed by atoms with Gasteiger partial charge < -0.3 is 90.1 Å². The van der Waals surface area contributed by atoms with E-state index in [-0.39, 0.29) is 6.42 Å². The van der Waals surface area contributed by atoms with Crippen LogP contribution in [0.4, 0.5) is 0 Å². The zero-order chi connectivity index (χ0) is 35.7. The monoisotopic (exact) mass is 690 g/mol. The van der Waals surface area contributed by atoms with E-state index >= 15 is 0 Å². The van der Waals surface area contributed by atoms with Gasteiger partial charge in [-0.15, -0.1) is 0 Å². The molecule has 0 bridgehead atoms. The fourth-order valence-electron chi connectivity index (χ4n) is 6.17. The van der Waals surface area contributed by atoms with E-state index in [1.807, 2.05) is 0 Å². The highest BCUT2D eigenvalue weighted by Crippen LogP contribution is 2.37. The average Bonchev–Trinajstić information content (AvgIpc) is 3.00. The molecule has 0 aromatic heterocycles. The van der Waals surface area contributed by atoms with Crippen LogP contribution < -0.4 is 0 Å². The summed E-state index contributed by atoms with van der Waals surface area (Å²) in [6.45, 7) is 6.35. The van der Waals surface area contributed by atoms with E-state index in [1.54, 1.807) is 20.8 Å². The van der Waals surface area contributed by atoms with Crippen LogP contribution in [0.25, 0.3) is 0 Å². The van der Waals surface area contributed by atoms with Gasteiger partial charge in [-0.1, -0.05) is 20.8 Å². The van der Waals surface area contributed by atoms with Crippen molar-refractivity contribution in [2.45, 2.75) is 157 Å². The summed E-state index contributed by atoms with van der Waals surface area (Å²) in [6.07, 6.45) is -32.0.